The molecular weight excluding hydrogens is 699 g/mol. The molecule has 0 heterocycles. The van der Waals surface area contributed by atoms with Crippen molar-refractivity contribution in [3.05, 3.63) is 183 Å². The summed E-state index contributed by atoms with van der Waals surface area (Å²) in [5.74, 6) is 0. The van der Waals surface area contributed by atoms with E-state index in [0.717, 1.165) is 0 Å². The zero-order valence-electron chi connectivity index (χ0n) is 36.0. The van der Waals surface area contributed by atoms with Crippen LogP contribution in [0, 0.1) is 20.8 Å². The molecule has 58 heavy (non-hydrogen) atoms. The molecule has 4 aliphatic rings. The molecule has 0 spiro atoms. The quantitative estimate of drug-likeness (QED) is 0.174. The van der Waals surface area contributed by atoms with Crippen LogP contribution < -0.4 is 4.90 Å². The number of benzene rings is 7. The molecule has 4 aliphatic carbocycles. The molecule has 286 valence electrons. The predicted molar refractivity (Wildman–Crippen MR) is 246 cm³/mol. The van der Waals surface area contributed by atoms with Gasteiger partial charge in [-0.25, -0.2) is 0 Å². The van der Waals surface area contributed by atoms with Crippen molar-refractivity contribution in [3.8, 4) is 44.5 Å². The maximum absolute atomic E-state index is 2.57. The van der Waals surface area contributed by atoms with Crippen molar-refractivity contribution in [2.24, 2.45) is 0 Å². The van der Waals surface area contributed by atoms with Gasteiger partial charge in [-0.1, -0.05) is 134 Å². The zero-order chi connectivity index (χ0) is 40.4. The van der Waals surface area contributed by atoms with Gasteiger partial charge < -0.3 is 4.90 Å². The number of aryl methyl sites for hydroxylation is 3. The summed E-state index contributed by atoms with van der Waals surface area (Å²) in [4.78, 5) is 2.55. The smallest absolute Gasteiger partial charge is 0.0467 e. The van der Waals surface area contributed by atoms with Gasteiger partial charge in [-0.15, -0.1) is 0 Å². The van der Waals surface area contributed by atoms with Crippen LogP contribution >= 0.6 is 0 Å². The summed E-state index contributed by atoms with van der Waals surface area (Å²) in [6.45, 7) is 26.2. The number of anilines is 3. The fourth-order valence-electron chi connectivity index (χ4n) is 12.0. The lowest BCUT2D eigenvalue weighted by molar-refractivity contribution is 0.651. The van der Waals surface area contributed by atoms with Gasteiger partial charge in [-0.2, -0.15) is 0 Å². The first-order chi connectivity index (χ1) is 27.5. The van der Waals surface area contributed by atoms with Gasteiger partial charge in [-0.3, -0.25) is 0 Å². The molecule has 11 rings (SSSR count). The van der Waals surface area contributed by atoms with E-state index in [0.29, 0.717) is 0 Å². The number of hydrogen-bond donors (Lipinski definition) is 0. The van der Waals surface area contributed by atoms with E-state index in [2.05, 4.69) is 202 Å². The lowest BCUT2D eigenvalue weighted by Crippen LogP contribution is -2.19. The summed E-state index contributed by atoms with van der Waals surface area (Å²) in [6, 6.07) is 47.3. The van der Waals surface area contributed by atoms with E-state index in [-0.39, 0.29) is 21.7 Å². The van der Waals surface area contributed by atoms with Crippen LogP contribution in [0.4, 0.5) is 17.1 Å². The first-order valence-corrected chi connectivity index (χ1v) is 21.3. The lowest BCUT2D eigenvalue weighted by Gasteiger charge is -2.31. The molecule has 0 amide bonds. The van der Waals surface area contributed by atoms with Crippen molar-refractivity contribution in [3.63, 3.8) is 0 Å². The highest BCUT2D eigenvalue weighted by molar-refractivity contribution is 5.94. The van der Waals surface area contributed by atoms with Crippen LogP contribution in [0.3, 0.4) is 0 Å². The lowest BCUT2D eigenvalue weighted by atomic mass is 9.79. The zero-order valence-corrected chi connectivity index (χ0v) is 36.0. The van der Waals surface area contributed by atoms with Crippen LogP contribution in [-0.2, 0) is 21.7 Å². The van der Waals surface area contributed by atoms with Crippen LogP contribution in [0.25, 0.3) is 44.5 Å². The van der Waals surface area contributed by atoms with E-state index in [1.165, 1.54) is 123 Å². The van der Waals surface area contributed by atoms with Crippen molar-refractivity contribution < 1.29 is 0 Å². The third-order valence-electron chi connectivity index (χ3n) is 15.1. The van der Waals surface area contributed by atoms with E-state index >= 15 is 0 Å². The second-order valence-corrected chi connectivity index (χ2v) is 20.0. The predicted octanol–water partition coefficient (Wildman–Crippen LogP) is 15.3. The minimum absolute atomic E-state index is 0.0595. The maximum Gasteiger partial charge on any atom is 0.0467 e. The Balaban J connectivity index is 1.12. The van der Waals surface area contributed by atoms with Crippen LogP contribution in [0.2, 0.25) is 0 Å². The van der Waals surface area contributed by atoms with Crippen LogP contribution in [0.15, 0.2) is 121 Å². The Bertz CT molecular complexity index is 2870. The Morgan fingerprint density at radius 1 is 0.310 bits per heavy atom. The Kier molecular flexibility index (Phi) is 6.91. The van der Waals surface area contributed by atoms with E-state index in [4.69, 9.17) is 0 Å². The number of fused-ring (bicyclic) bond motifs is 12. The third kappa shape index (κ3) is 4.43. The fourth-order valence-corrected chi connectivity index (χ4v) is 12.0. The van der Waals surface area contributed by atoms with Crippen molar-refractivity contribution in [1.29, 1.82) is 0 Å². The van der Waals surface area contributed by atoms with Gasteiger partial charge in [0.05, 0.1) is 0 Å². The molecule has 0 saturated carbocycles. The number of nitrogens with zero attached hydrogens (tertiary/aromatic N) is 1. The normalized spacial score (nSPS) is 17.1. The SMILES string of the molecule is Cc1cc(C)c2c(c1)C(C)(C)c1cc3c(cc1-2)C(C)(C)c1cc(N(c2ccc4c(c2)C(C)(C)c2ccccc2-4)c2ccc4c(c2)C(C)(C)c2ccccc2-4)cc(C)c1-3. The van der Waals surface area contributed by atoms with Crippen LogP contribution in [0.5, 0.6) is 0 Å². The molecule has 1 heteroatoms. The van der Waals surface area contributed by atoms with Gasteiger partial charge in [0.2, 0.25) is 0 Å². The minimum atomic E-state index is -0.180. The molecule has 0 fully saturated rings. The topological polar surface area (TPSA) is 3.24 Å². The molecule has 0 unspecified atom stereocenters. The summed E-state index contributed by atoms with van der Waals surface area (Å²) < 4.78 is 0. The van der Waals surface area contributed by atoms with Crippen molar-refractivity contribution in [2.45, 2.75) is 97.8 Å². The van der Waals surface area contributed by atoms with Gasteiger partial charge in [0.25, 0.3) is 0 Å². The van der Waals surface area contributed by atoms with Gasteiger partial charge >= 0.3 is 0 Å². The Labute approximate surface area is 345 Å². The molecule has 0 atom stereocenters. The highest BCUT2D eigenvalue weighted by Gasteiger charge is 2.44. The largest absolute Gasteiger partial charge is 0.310 e. The molecule has 0 bridgehead atoms. The standard InChI is InChI=1S/C57H53N/c1-32-24-33(2)52-42-30-49-43(31-48(42)56(8,9)50(52)25-32)53-34(3)26-37(29-51(53)57(49,10)11)58(35-20-22-40-38-16-12-14-18-44(38)54(4,5)46(40)27-35)36-21-23-41-39-17-13-15-19-45(39)55(6,7)47(41)28-36/h12-31H,1-11H3. The van der Waals surface area contributed by atoms with E-state index in [9.17, 15) is 0 Å². The number of rotatable bonds is 3. The van der Waals surface area contributed by atoms with Gasteiger partial charge in [0.1, 0.15) is 0 Å². The summed E-state index contributed by atoms with van der Waals surface area (Å²) >= 11 is 0. The fraction of sp³-hybridized carbons (Fsp3) is 0.263. The van der Waals surface area contributed by atoms with Crippen molar-refractivity contribution in [2.75, 3.05) is 4.90 Å². The van der Waals surface area contributed by atoms with E-state index < -0.39 is 0 Å². The molecule has 1 nitrogen and oxygen atoms in total. The van der Waals surface area contributed by atoms with Gasteiger partial charge in [-0.05, 0) is 169 Å². The van der Waals surface area contributed by atoms with E-state index in [1.54, 1.807) is 0 Å². The van der Waals surface area contributed by atoms with Crippen LogP contribution in [-0.4, -0.2) is 0 Å². The number of hydrogen-bond acceptors (Lipinski definition) is 1. The molecule has 7 aromatic carbocycles. The van der Waals surface area contributed by atoms with Gasteiger partial charge in [0, 0.05) is 38.7 Å². The van der Waals surface area contributed by atoms with Crippen molar-refractivity contribution in [1.82, 2.24) is 0 Å². The first kappa shape index (κ1) is 35.5. The molecule has 0 radical (unpaired) electrons. The Morgan fingerprint density at radius 3 is 1.19 bits per heavy atom. The van der Waals surface area contributed by atoms with E-state index in [1.807, 2.05) is 0 Å². The molecule has 0 saturated heterocycles. The second-order valence-electron chi connectivity index (χ2n) is 20.0. The average Bonchev–Trinajstić information content (AvgIpc) is 3.75. The van der Waals surface area contributed by atoms with Crippen LogP contribution in [0.1, 0.15) is 117 Å². The third-order valence-corrected chi connectivity index (χ3v) is 15.1. The average molecular weight is 752 g/mol. The Morgan fingerprint density at radius 2 is 0.690 bits per heavy atom. The summed E-state index contributed by atoms with van der Waals surface area (Å²) in [5, 5.41) is 0. The highest BCUT2D eigenvalue weighted by atomic mass is 15.1. The van der Waals surface area contributed by atoms with Crippen molar-refractivity contribution >= 4 is 17.1 Å². The summed E-state index contributed by atoms with van der Waals surface area (Å²) in [6.07, 6.45) is 0. The monoisotopic (exact) mass is 751 g/mol. The Hall–Kier alpha value is -5.66. The summed E-state index contributed by atoms with van der Waals surface area (Å²) in [5.41, 5.74) is 29.6. The molecule has 7 aromatic rings. The summed E-state index contributed by atoms with van der Waals surface area (Å²) in [7, 11) is 0. The first-order valence-electron chi connectivity index (χ1n) is 21.3. The minimum Gasteiger partial charge on any atom is -0.310 e. The molecule has 0 aliphatic heterocycles. The molecule has 0 aromatic heterocycles. The highest BCUT2D eigenvalue weighted by Crippen LogP contribution is 2.59. The second kappa shape index (κ2) is 11.3. The molecule has 0 N–H and O–H groups in total. The molecular formula is C57H53N. The van der Waals surface area contributed by atoms with Gasteiger partial charge in [0.15, 0.2) is 0 Å². The maximum atomic E-state index is 2.57.